The molecule has 0 bridgehead atoms. The summed E-state index contributed by atoms with van der Waals surface area (Å²) in [4.78, 5) is 9.40. The van der Waals surface area contributed by atoms with Crippen molar-refractivity contribution in [2.24, 2.45) is 0 Å². The van der Waals surface area contributed by atoms with Gasteiger partial charge in [0.2, 0.25) is 0 Å². The molecule has 1 aliphatic heterocycles. The summed E-state index contributed by atoms with van der Waals surface area (Å²) < 4.78 is 6.23. The number of fused-ring (bicyclic) bond motifs is 3. The fraction of sp³-hybridized carbons (Fsp3) is 0.381. The van der Waals surface area contributed by atoms with E-state index in [0.29, 0.717) is 12.2 Å². The minimum absolute atomic E-state index is 0.313. The van der Waals surface area contributed by atoms with Crippen LogP contribution in [0.25, 0.3) is 22.1 Å². The van der Waals surface area contributed by atoms with Gasteiger partial charge >= 0.3 is 0 Å². The summed E-state index contributed by atoms with van der Waals surface area (Å²) in [5.74, 6) is 0. The van der Waals surface area contributed by atoms with Gasteiger partial charge in [-0.2, -0.15) is 0 Å². The Hall–Kier alpha value is -2.49. The molecule has 1 aliphatic carbocycles. The van der Waals surface area contributed by atoms with E-state index in [0.717, 1.165) is 22.1 Å². The zero-order chi connectivity index (χ0) is 17.0. The van der Waals surface area contributed by atoms with E-state index < -0.39 is 0 Å². The number of aromatic nitrogens is 1. The van der Waals surface area contributed by atoms with Crippen LogP contribution in [0.1, 0.15) is 38.2 Å². The molecule has 0 saturated heterocycles. The highest BCUT2D eigenvalue weighted by Gasteiger charge is 2.32. The molecule has 0 amide bonds. The van der Waals surface area contributed by atoms with Gasteiger partial charge in [0.25, 0.3) is 0 Å². The minimum Gasteiger partial charge on any atom is -0.452 e. The fourth-order valence-corrected chi connectivity index (χ4v) is 4.50. The van der Waals surface area contributed by atoms with E-state index >= 15 is 0 Å². The molecule has 0 unspecified atom stereocenters. The van der Waals surface area contributed by atoms with Gasteiger partial charge in [0.05, 0.1) is 5.69 Å². The van der Waals surface area contributed by atoms with E-state index in [1.165, 1.54) is 36.9 Å². The molecular weight excluding hydrogens is 310 g/mol. The zero-order valence-electron chi connectivity index (χ0n) is 14.8. The second kappa shape index (κ2) is 5.51. The number of aryl methyl sites for hydroxylation is 1. The summed E-state index contributed by atoms with van der Waals surface area (Å²) >= 11 is 0. The summed E-state index contributed by atoms with van der Waals surface area (Å²) in [6.07, 6.45) is 11.9. The third kappa shape index (κ3) is 2.16. The second-order valence-electron chi connectivity index (χ2n) is 7.28. The largest absolute Gasteiger partial charge is 0.452 e. The standard InChI is InChI=1S/C21H23N3O/c1-14-9-10-17-19-18(8-5-11-22-19)25-21(17)20(14)24-13-12-23(15(24)2)16-6-3-4-7-16/h5,8-13,15-16H,3-4,6-7H2,1-2H3/t15-/m0/s1. The van der Waals surface area contributed by atoms with E-state index in [9.17, 15) is 0 Å². The van der Waals surface area contributed by atoms with Crippen molar-refractivity contribution in [1.29, 1.82) is 0 Å². The summed E-state index contributed by atoms with van der Waals surface area (Å²) in [5.41, 5.74) is 5.14. The molecule has 0 spiro atoms. The Labute approximate surface area is 147 Å². The predicted molar refractivity (Wildman–Crippen MR) is 101 cm³/mol. The van der Waals surface area contributed by atoms with Crippen LogP contribution in [0.4, 0.5) is 5.69 Å². The van der Waals surface area contributed by atoms with Gasteiger partial charge in [-0.3, -0.25) is 4.98 Å². The van der Waals surface area contributed by atoms with E-state index in [-0.39, 0.29) is 0 Å². The summed E-state index contributed by atoms with van der Waals surface area (Å²) in [6.45, 7) is 4.45. The van der Waals surface area contributed by atoms with E-state index in [4.69, 9.17) is 4.42 Å². The van der Waals surface area contributed by atoms with Gasteiger partial charge < -0.3 is 14.2 Å². The molecule has 128 valence electrons. The first kappa shape index (κ1) is 14.8. The first-order chi connectivity index (χ1) is 12.2. The molecule has 2 aromatic heterocycles. The maximum Gasteiger partial charge on any atom is 0.161 e. The van der Waals surface area contributed by atoms with Crippen LogP contribution in [0, 0.1) is 6.92 Å². The van der Waals surface area contributed by atoms with Crippen LogP contribution in [0.3, 0.4) is 0 Å². The molecule has 4 heteroatoms. The Balaban J connectivity index is 1.63. The fourth-order valence-electron chi connectivity index (χ4n) is 4.50. The average Bonchev–Trinajstić information content (AvgIpc) is 3.33. The van der Waals surface area contributed by atoms with E-state index in [1.54, 1.807) is 0 Å². The van der Waals surface area contributed by atoms with Gasteiger partial charge in [-0.05, 0) is 50.5 Å². The van der Waals surface area contributed by atoms with Crippen molar-refractivity contribution in [3.8, 4) is 0 Å². The molecule has 5 rings (SSSR count). The van der Waals surface area contributed by atoms with Crippen molar-refractivity contribution in [3.63, 3.8) is 0 Å². The Morgan fingerprint density at radius 3 is 2.80 bits per heavy atom. The van der Waals surface area contributed by atoms with Gasteiger partial charge in [-0.25, -0.2) is 0 Å². The van der Waals surface area contributed by atoms with Crippen molar-refractivity contribution in [2.45, 2.75) is 51.7 Å². The number of anilines is 1. The number of pyridine rings is 1. The highest BCUT2D eigenvalue weighted by atomic mass is 16.3. The normalized spacial score (nSPS) is 21.3. The van der Waals surface area contributed by atoms with Crippen molar-refractivity contribution < 1.29 is 4.42 Å². The topological polar surface area (TPSA) is 32.5 Å². The third-order valence-corrected chi connectivity index (χ3v) is 5.81. The highest BCUT2D eigenvalue weighted by molar-refractivity contribution is 6.07. The smallest absolute Gasteiger partial charge is 0.161 e. The lowest BCUT2D eigenvalue weighted by molar-refractivity contribution is 0.237. The lowest BCUT2D eigenvalue weighted by Crippen LogP contribution is -2.41. The van der Waals surface area contributed by atoms with Gasteiger partial charge in [-0.1, -0.05) is 18.9 Å². The lowest BCUT2D eigenvalue weighted by Gasteiger charge is -2.34. The van der Waals surface area contributed by atoms with Crippen molar-refractivity contribution >= 4 is 27.8 Å². The first-order valence-corrected chi connectivity index (χ1v) is 9.25. The number of rotatable bonds is 2. The highest BCUT2D eigenvalue weighted by Crippen LogP contribution is 2.40. The van der Waals surface area contributed by atoms with Crippen LogP contribution >= 0.6 is 0 Å². The van der Waals surface area contributed by atoms with Crippen LogP contribution < -0.4 is 4.90 Å². The third-order valence-electron chi connectivity index (χ3n) is 5.81. The Morgan fingerprint density at radius 2 is 1.96 bits per heavy atom. The number of furan rings is 1. The Kier molecular flexibility index (Phi) is 3.27. The molecule has 0 radical (unpaired) electrons. The quantitative estimate of drug-likeness (QED) is 0.647. The monoisotopic (exact) mass is 333 g/mol. The van der Waals surface area contributed by atoms with Gasteiger partial charge in [0, 0.05) is 30.0 Å². The van der Waals surface area contributed by atoms with Gasteiger partial charge in [0.15, 0.2) is 11.2 Å². The summed E-state index contributed by atoms with van der Waals surface area (Å²) in [6, 6.07) is 8.91. The first-order valence-electron chi connectivity index (χ1n) is 9.25. The molecule has 1 atom stereocenters. The van der Waals surface area contributed by atoms with Crippen molar-refractivity contribution in [3.05, 3.63) is 48.4 Å². The predicted octanol–water partition coefficient (Wildman–Crippen LogP) is 5.17. The number of nitrogens with zero attached hydrogens (tertiary/aromatic N) is 3. The molecule has 3 heterocycles. The van der Waals surface area contributed by atoms with Crippen LogP contribution in [0.15, 0.2) is 47.3 Å². The maximum absolute atomic E-state index is 6.23. The second-order valence-corrected chi connectivity index (χ2v) is 7.28. The summed E-state index contributed by atoms with van der Waals surface area (Å²) in [7, 11) is 0. The van der Waals surface area contributed by atoms with Crippen molar-refractivity contribution in [1.82, 2.24) is 9.88 Å². The maximum atomic E-state index is 6.23. The SMILES string of the molecule is Cc1ccc2c(oc3cccnc32)c1N1C=CN(C2CCCC2)[C@@H]1C. The van der Waals surface area contributed by atoms with E-state index in [2.05, 4.69) is 53.2 Å². The van der Waals surface area contributed by atoms with Crippen LogP contribution in [-0.4, -0.2) is 22.1 Å². The molecule has 1 fully saturated rings. The average molecular weight is 333 g/mol. The number of benzene rings is 1. The van der Waals surface area contributed by atoms with Gasteiger partial charge in [0.1, 0.15) is 11.7 Å². The van der Waals surface area contributed by atoms with Crippen LogP contribution in [0.5, 0.6) is 0 Å². The van der Waals surface area contributed by atoms with Gasteiger partial charge in [-0.15, -0.1) is 0 Å². The molecule has 3 aromatic rings. The molecule has 2 aliphatic rings. The molecule has 4 nitrogen and oxygen atoms in total. The molecule has 25 heavy (non-hydrogen) atoms. The Bertz CT molecular complexity index is 968. The molecule has 1 aromatic carbocycles. The number of hydrogen-bond donors (Lipinski definition) is 0. The summed E-state index contributed by atoms with van der Waals surface area (Å²) in [5, 5.41) is 1.09. The van der Waals surface area contributed by atoms with Crippen molar-refractivity contribution in [2.75, 3.05) is 4.90 Å². The zero-order valence-corrected chi connectivity index (χ0v) is 14.8. The number of hydrogen-bond acceptors (Lipinski definition) is 4. The molecule has 0 N–H and O–H groups in total. The van der Waals surface area contributed by atoms with Crippen LogP contribution in [-0.2, 0) is 0 Å². The minimum atomic E-state index is 0.313. The molecular formula is C21H23N3O. The Morgan fingerprint density at radius 1 is 1.12 bits per heavy atom. The molecule has 1 saturated carbocycles. The lowest BCUT2D eigenvalue weighted by atomic mass is 10.1. The van der Waals surface area contributed by atoms with Crippen LogP contribution in [0.2, 0.25) is 0 Å². The van der Waals surface area contributed by atoms with E-state index in [1.807, 2.05) is 18.3 Å².